The number of alkyl halides is 3. The summed E-state index contributed by atoms with van der Waals surface area (Å²) in [5.74, 6) is -1.66. The Balaban J connectivity index is 1.59. The molecule has 0 spiro atoms. The molecule has 0 aliphatic heterocycles. The highest BCUT2D eigenvalue weighted by Crippen LogP contribution is 2.34. The molecule has 2 aromatic carbocycles. The average molecular weight is 489 g/mol. The van der Waals surface area contributed by atoms with Gasteiger partial charge >= 0.3 is 18.2 Å². The molecule has 9 nitrogen and oxygen atoms in total. The van der Waals surface area contributed by atoms with E-state index in [0.29, 0.717) is 11.2 Å². The lowest BCUT2D eigenvalue weighted by molar-refractivity contribution is -0.143. The second kappa shape index (κ2) is 11.2. The maximum atomic E-state index is 13.6. The molecular formula is C23H22F3N5O4. The Morgan fingerprint density at radius 3 is 2.31 bits per heavy atom. The van der Waals surface area contributed by atoms with Crippen LogP contribution < -0.4 is 16.0 Å². The number of urea groups is 1. The van der Waals surface area contributed by atoms with Gasteiger partial charge in [0.05, 0.1) is 25.0 Å². The summed E-state index contributed by atoms with van der Waals surface area (Å²) < 4.78 is 46.1. The molecule has 1 heterocycles. The van der Waals surface area contributed by atoms with Crippen molar-refractivity contribution < 1.29 is 32.3 Å². The maximum absolute atomic E-state index is 13.6. The molecule has 1 aromatic heterocycles. The summed E-state index contributed by atoms with van der Waals surface area (Å²) in [5.41, 5.74) is -0.764. The van der Waals surface area contributed by atoms with E-state index in [1.54, 1.807) is 0 Å². The Morgan fingerprint density at radius 1 is 1.00 bits per heavy atom. The zero-order chi connectivity index (χ0) is 25.4. The van der Waals surface area contributed by atoms with Crippen LogP contribution in [0.4, 0.5) is 23.7 Å². The number of ether oxygens (including phenoxy) is 1. The standard InChI is InChI=1S/C23H22F3N5O4/c1-2-35-21(33)18-13-29-31(20(18)23(24,25)26)17-10-8-16(9-11-17)30-19(32)14-28-22(34)27-12-15-6-4-3-5-7-15/h3-11,13H,2,12,14H2,1H3,(H,30,32)(H2,27,28,34). The quantitative estimate of drug-likeness (QED) is 0.419. The van der Waals surface area contributed by atoms with Crippen LogP contribution >= 0.6 is 0 Å². The number of esters is 1. The number of anilines is 1. The molecule has 0 unspecified atom stereocenters. The molecule has 0 fully saturated rings. The number of hydrogen-bond acceptors (Lipinski definition) is 5. The monoisotopic (exact) mass is 489 g/mol. The molecule has 12 heteroatoms. The molecule has 3 aromatic rings. The minimum absolute atomic E-state index is 0.0179. The number of aromatic nitrogens is 2. The first-order valence-electron chi connectivity index (χ1n) is 10.5. The van der Waals surface area contributed by atoms with Crippen LogP contribution in [0.2, 0.25) is 0 Å². The predicted molar refractivity (Wildman–Crippen MR) is 120 cm³/mol. The summed E-state index contributed by atoms with van der Waals surface area (Å²) in [6, 6.07) is 14.0. The van der Waals surface area contributed by atoms with Crippen molar-refractivity contribution in [1.82, 2.24) is 20.4 Å². The van der Waals surface area contributed by atoms with Gasteiger partial charge in [-0.25, -0.2) is 14.3 Å². The Kier molecular flexibility index (Phi) is 8.08. The molecule has 35 heavy (non-hydrogen) atoms. The SMILES string of the molecule is CCOC(=O)c1cnn(-c2ccc(NC(=O)CNC(=O)NCc3ccccc3)cc2)c1C(F)(F)F. The van der Waals surface area contributed by atoms with Gasteiger partial charge in [-0.2, -0.15) is 18.3 Å². The van der Waals surface area contributed by atoms with Crippen molar-refractivity contribution in [2.75, 3.05) is 18.5 Å². The molecule has 0 aliphatic rings. The van der Waals surface area contributed by atoms with Gasteiger partial charge in [0, 0.05) is 12.2 Å². The van der Waals surface area contributed by atoms with E-state index in [1.165, 1.54) is 31.2 Å². The summed E-state index contributed by atoms with van der Waals surface area (Å²) in [6.07, 6.45) is -4.07. The van der Waals surface area contributed by atoms with Crippen LogP contribution in [0.1, 0.15) is 28.5 Å². The topological polar surface area (TPSA) is 114 Å². The molecule has 184 valence electrons. The molecule has 0 atom stereocenters. The zero-order valence-corrected chi connectivity index (χ0v) is 18.6. The van der Waals surface area contributed by atoms with Gasteiger partial charge < -0.3 is 20.7 Å². The van der Waals surface area contributed by atoms with Gasteiger partial charge in [0.15, 0.2) is 5.69 Å². The van der Waals surface area contributed by atoms with E-state index in [1.807, 2.05) is 30.3 Å². The first kappa shape index (κ1) is 25.3. The van der Waals surface area contributed by atoms with E-state index in [2.05, 4.69) is 25.8 Å². The van der Waals surface area contributed by atoms with Crippen LogP contribution in [0.15, 0.2) is 60.8 Å². The number of carbonyl (C=O) groups excluding carboxylic acids is 3. The number of rotatable bonds is 8. The van der Waals surface area contributed by atoms with Gasteiger partial charge in [-0.1, -0.05) is 30.3 Å². The summed E-state index contributed by atoms with van der Waals surface area (Å²) in [4.78, 5) is 35.8. The van der Waals surface area contributed by atoms with E-state index in [4.69, 9.17) is 0 Å². The van der Waals surface area contributed by atoms with E-state index in [9.17, 15) is 27.6 Å². The Labute approximate surface area is 198 Å². The lowest BCUT2D eigenvalue weighted by atomic mass is 10.2. The second-order valence-electron chi connectivity index (χ2n) is 7.15. The summed E-state index contributed by atoms with van der Waals surface area (Å²) in [6.45, 7) is 1.37. The number of nitrogens with zero attached hydrogens (tertiary/aromatic N) is 2. The van der Waals surface area contributed by atoms with Crippen LogP contribution in [0.5, 0.6) is 0 Å². The first-order chi connectivity index (χ1) is 16.7. The number of nitrogens with one attached hydrogen (secondary N) is 3. The Hall–Kier alpha value is -4.35. The minimum Gasteiger partial charge on any atom is -0.462 e. The number of benzene rings is 2. The molecule has 3 amide bonds. The fourth-order valence-corrected chi connectivity index (χ4v) is 3.07. The Morgan fingerprint density at radius 2 is 1.69 bits per heavy atom. The van der Waals surface area contributed by atoms with E-state index < -0.39 is 35.3 Å². The molecule has 3 rings (SSSR count). The van der Waals surface area contributed by atoms with Crippen molar-refractivity contribution in [1.29, 1.82) is 0 Å². The Bertz CT molecular complexity index is 1180. The van der Waals surface area contributed by atoms with Crippen molar-refractivity contribution in [3.8, 4) is 5.69 Å². The zero-order valence-electron chi connectivity index (χ0n) is 18.6. The third-order valence-electron chi connectivity index (χ3n) is 4.63. The molecule has 0 saturated heterocycles. The third-order valence-corrected chi connectivity index (χ3v) is 4.63. The molecule has 0 radical (unpaired) electrons. The predicted octanol–water partition coefficient (Wildman–Crippen LogP) is 3.51. The number of carbonyl (C=O) groups is 3. The summed E-state index contributed by atoms with van der Waals surface area (Å²) >= 11 is 0. The highest BCUT2D eigenvalue weighted by atomic mass is 19.4. The molecule has 0 bridgehead atoms. The van der Waals surface area contributed by atoms with E-state index >= 15 is 0 Å². The maximum Gasteiger partial charge on any atom is 0.434 e. The molecule has 0 aliphatic carbocycles. The largest absolute Gasteiger partial charge is 0.462 e. The fraction of sp³-hybridized carbons (Fsp3) is 0.217. The first-order valence-corrected chi connectivity index (χ1v) is 10.5. The summed E-state index contributed by atoms with van der Waals surface area (Å²) in [5, 5.41) is 11.2. The molecule has 0 saturated carbocycles. The van der Waals surface area contributed by atoms with Crippen molar-refractivity contribution in [3.05, 3.63) is 77.6 Å². The smallest absolute Gasteiger partial charge is 0.434 e. The highest BCUT2D eigenvalue weighted by molar-refractivity contribution is 5.94. The van der Waals surface area contributed by atoms with Crippen molar-refractivity contribution in [2.45, 2.75) is 19.6 Å². The van der Waals surface area contributed by atoms with Crippen LogP contribution in [-0.2, 0) is 22.3 Å². The second-order valence-corrected chi connectivity index (χ2v) is 7.15. The molecular weight excluding hydrogens is 467 g/mol. The van der Waals surface area contributed by atoms with Gasteiger partial charge in [-0.05, 0) is 36.8 Å². The highest BCUT2D eigenvalue weighted by Gasteiger charge is 2.41. The lowest BCUT2D eigenvalue weighted by Gasteiger charge is -2.13. The third kappa shape index (κ3) is 6.82. The van der Waals surface area contributed by atoms with Gasteiger partial charge in [0.1, 0.15) is 5.56 Å². The van der Waals surface area contributed by atoms with Crippen LogP contribution in [0.25, 0.3) is 5.69 Å². The fourth-order valence-electron chi connectivity index (χ4n) is 3.07. The average Bonchev–Trinajstić information content (AvgIpc) is 3.29. The van der Waals surface area contributed by atoms with E-state index in [-0.39, 0.29) is 24.5 Å². The van der Waals surface area contributed by atoms with E-state index in [0.717, 1.165) is 11.8 Å². The normalized spacial score (nSPS) is 11.0. The lowest BCUT2D eigenvalue weighted by Crippen LogP contribution is -2.39. The van der Waals surface area contributed by atoms with Crippen molar-refractivity contribution >= 4 is 23.6 Å². The number of halogens is 3. The molecule has 3 N–H and O–H groups in total. The van der Waals surface area contributed by atoms with Crippen LogP contribution in [0, 0.1) is 0 Å². The van der Waals surface area contributed by atoms with Gasteiger partial charge in [-0.15, -0.1) is 0 Å². The van der Waals surface area contributed by atoms with Gasteiger partial charge in [-0.3, -0.25) is 4.79 Å². The van der Waals surface area contributed by atoms with Gasteiger partial charge in [0.25, 0.3) is 0 Å². The van der Waals surface area contributed by atoms with Gasteiger partial charge in [0.2, 0.25) is 5.91 Å². The van der Waals surface area contributed by atoms with Crippen molar-refractivity contribution in [3.63, 3.8) is 0 Å². The number of amides is 3. The van der Waals surface area contributed by atoms with Crippen LogP contribution in [-0.4, -0.2) is 40.8 Å². The van der Waals surface area contributed by atoms with Crippen molar-refractivity contribution in [2.24, 2.45) is 0 Å². The minimum atomic E-state index is -4.86. The summed E-state index contributed by atoms with van der Waals surface area (Å²) in [7, 11) is 0. The van der Waals surface area contributed by atoms with Crippen LogP contribution in [0.3, 0.4) is 0 Å². The number of hydrogen-bond donors (Lipinski definition) is 3.